The van der Waals surface area contributed by atoms with Crippen LogP contribution >= 0.6 is 15.9 Å². The Morgan fingerprint density at radius 2 is 1.94 bits per heavy atom. The van der Waals surface area contributed by atoms with Gasteiger partial charge in [0.2, 0.25) is 0 Å². The molecule has 0 aromatic heterocycles. The molecule has 0 atom stereocenters. The van der Waals surface area contributed by atoms with Gasteiger partial charge >= 0.3 is 0 Å². The molecule has 0 saturated carbocycles. The molecular weight excluding hydrogens is 481 g/mol. The van der Waals surface area contributed by atoms with Crippen molar-refractivity contribution in [2.24, 2.45) is 0 Å². The first-order valence-corrected chi connectivity index (χ1v) is 12.4. The number of halogens is 2. The zero-order valence-corrected chi connectivity index (χ0v) is 20.7. The summed E-state index contributed by atoms with van der Waals surface area (Å²) in [6, 6.07) is 10.7. The van der Waals surface area contributed by atoms with Crippen LogP contribution in [0.4, 0.5) is 4.39 Å². The summed E-state index contributed by atoms with van der Waals surface area (Å²) in [5.74, 6) is 0.692. The van der Waals surface area contributed by atoms with Crippen molar-refractivity contribution in [1.29, 1.82) is 5.41 Å². The highest BCUT2D eigenvalue weighted by atomic mass is 79.9. The predicted molar refractivity (Wildman–Crippen MR) is 137 cm³/mol. The second kappa shape index (κ2) is 12.7. The molecule has 2 aromatic carbocycles. The number of hydrogen-bond donors (Lipinski definition) is 1. The third-order valence-corrected chi connectivity index (χ3v) is 6.57. The number of amidine groups is 1. The van der Waals surface area contributed by atoms with Crippen molar-refractivity contribution in [2.75, 3.05) is 26.2 Å². The number of aryl methyl sites for hydroxylation is 1. The molecular formula is C27H33BrFN3O. The van der Waals surface area contributed by atoms with Gasteiger partial charge in [-0.3, -0.25) is 5.41 Å². The molecule has 4 nitrogen and oxygen atoms in total. The van der Waals surface area contributed by atoms with E-state index < -0.39 is 0 Å². The minimum absolute atomic E-state index is 0.287. The van der Waals surface area contributed by atoms with Crippen LogP contribution in [0, 0.1) is 11.2 Å². The van der Waals surface area contributed by atoms with E-state index in [4.69, 9.17) is 10.1 Å². The normalized spacial score (nSPS) is 14.0. The molecule has 0 unspecified atom stereocenters. The largest absolute Gasteiger partial charge is 0.465 e. The molecule has 0 bridgehead atoms. The van der Waals surface area contributed by atoms with E-state index in [0.29, 0.717) is 36.3 Å². The van der Waals surface area contributed by atoms with Crippen LogP contribution < -0.4 is 4.74 Å². The summed E-state index contributed by atoms with van der Waals surface area (Å²) in [6.45, 7) is 11.6. The lowest BCUT2D eigenvalue weighted by Crippen LogP contribution is -2.34. The van der Waals surface area contributed by atoms with E-state index in [1.165, 1.54) is 31.6 Å². The maximum atomic E-state index is 14.9. The zero-order chi connectivity index (χ0) is 23.6. The van der Waals surface area contributed by atoms with E-state index in [-0.39, 0.29) is 11.7 Å². The van der Waals surface area contributed by atoms with Gasteiger partial charge in [0.05, 0.1) is 6.26 Å². The van der Waals surface area contributed by atoms with Crippen LogP contribution in [-0.4, -0.2) is 41.8 Å². The molecule has 1 aliphatic rings. The lowest BCUT2D eigenvalue weighted by Gasteiger charge is -2.28. The van der Waals surface area contributed by atoms with E-state index in [9.17, 15) is 4.39 Å². The second-order valence-corrected chi connectivity index (χ2v) is 9.20. The van der Waals surface area contributed by atoms with Crippen molar-refractivity contribution in [3.63, 3.8) is 0 Å². The maximum Gasteiger partial charge on any atom is 0.132 e. The molecule has 1 heterocycles. The Kier molecular flexibility index (Phi) is 9.70. The van der Waals surface area contributed by atoms with Crippen LogP contribution in [0.5, 0.6) is 5.75 Å². The smallest absolute Gasteiger partial charge is 0.132 e. The van der Waals surface area contributed by atoms with Gasteiger partial charge in [-0.25, -0.2) is 4.39 Å². The topological polar surface area (TPSA) is 39.6 Å². The average Bonchev–Trinajstić information content (AvgIpc) is 2.83. The number of hydrogen-bond acceptors (Lipinski definition) is 3. The molecule has 176 valence electrons. The van der Waals surface area contributed by atoms with Crippen LogP contribution in [-0.2, 0) is 12.8 Å². The number of benzene rings is 2. The van der Waals surface area contributed by atoms with E-state index in [1.807, 2.05) is 29.2 Å². The fourth-order valence-corrected chi connectivity index (χ4v) is 4.75. The summed E-state index contributed by atoms with van der Waals surface area (Å²) in [4.78, 5) is 4.32. The van der Waals surface area contributed by atoms with Crippen LogP contribution in [0.1, 0.15) is 42.4 Å². The van der Waals surface area contributed by atoms with Gasteiger partial charge in [-0.15, -0.1) is 0 Å². The van der Waals surface area contributed by atoms with E-state index >= 15 is 0 Å². The van der Waals surface area contributed by atoms with Gasteiger partial charge in [0.15, 0.2) is 0 Å². The third-order valence-electron chi connectivity index (χ3n) is 6.08. The van der Waals surface area contributed by atoms with Crippen LogP contribution in [0.3, 0.4) is 0 Å². The number of piperidine rings is 1. The number of nitrogens with zero attached hydrogens (tertiary/aromatic N) is 2. The molecule has 1 fully saturated rings. The number of rotatable bonds is 11. The Morgan fingerprint density at radius 3 is 2.67 bits per heavy atom. The van der Waals surface area contributed by atoms with Gasteiger partial charge < -0.3 is 14.5 Å². The first kappa shape index (κ1) is 25.2. The highest BCUT2D eigenvalue weighted by molar-refractivity contribution is 9.10. The Morgan fingerprint density at radius 1 is 1.15 bits per heavy atom. The summed E-state index contributed by atoms with van der Waals surface area (Å²) in [7, 11) is 0. The first-order valence-electron chi connectivity index (χ1n) is 11.6. The minimum atomic E-state index is -0.296. The lowest BCUT2D eigenvalue weighted by atomic mass is 9.97. The fraction of sp³-hybridized carbons (Fsp3) is 0.370. The molecule has 33 heavy (non-hydrogen) atoms. The standard InChI is InChI=1S/C27H33BrFN3O/c1-3-32(19-9-18-31-16-6-5-7-17-31)27(30)24-10-8-11-25(29)23(24)14-12-21-20-22(28)13-15-26(21)33-4-2/h3-4,8,10-11,13,15,20,30H,1-2,5-7,9,12,14,16-19H2. The summed E-state index contributed by atoms with van der Waals surface area (Å²) in [6.07, 6.45) is 8.90. The molecule has 0 radical (unpaired) electrons. The molecule has 0 spiro atoms. The number of nitrogens with one attached hydrogen (secondary N) is 1. The monoisotopic (exact) mass is 513 g/mol. The average molecular weight is 514 g/mol. The quantitative estimate of drug-likeness (QED) is 0.210. The van der Waals surface area contributed by atoms with Crippen molar-refractivity contribution >= 4 is 21.8 Å². The van der Waals surface area contributed by atoms with Gasteiger partial charge in [0, 0.05) is 16.6 Å². The SMILES string of the molecule is C=COc1ccc(Br)cc1CCc1c(F)cccc1C(=N)N(C=C)CCCN1CCCCC1. The number of ether oxygens (including phenoxy) is 1. The van der Waals surface area contributed by atoms with E-state index in [1.54, 1.807) is 12.3 Å². The van der Waals surface area contributed by atoms with Crippen LogP contribution in [0.15, 0.2) is 66.5 Å². The summed E-state index contributed by atoms with van der Waals surface area (Å²) >= 11 is 3.50. The Hall–Kier alpha value is -2.44. The van der Waals surface area contributed by atoms with Gasteiger partial charge in [0.25, 0.3) is 0 Å². The lowest BCUT2D eigenvalue weighted by molar-refractivity contribution is 0.222. The van der Waals surface area contributed by atoms with E-state index in [0.717, 1.165) is 36.1 Å². The van der Waals surface area contributed by atoms with Gasteiger partial charge in [-0.2, -0.15) is 0 Å². The van der Waals surface area contributed by atoms with Crippen molar-refractivity contribution in [1.82, 2.24) is 9.80 Å². The van der Waals surface area contributed by atoms with Crippen molar-refractivity contribution in [2.45, 2.75) is 38.5 Å². The van der Waals surface area contributed by atoms with Gasteiger partial charge in [0.1, 0.15) is 17.4 Å². The zero-order valence-electron chi connectivity index (χ0n) is 19.2. The third kappa shape index (κ3) is 7.02. The molecule has 0 aliphatic carbocycles. The highest BCUT2D eigenvalue weighted by Gasteiger charge is 2.18. The molecule has 1 N–H and O–H groups in total. The predicted octanol–water partition coefficient (Wildman–Crippen LogP) is 6.54. The molecule has 2 aromatic rings. The van der Waals surface area contributed by atoms with Gasteiger partial charge in [-0.1, -0.05) is 47.6 Å². The fourth-order valence-electron chi connectivity index (χ4n) is 4.34. The summed E-state index contributed by atoms with van der Waals surface area (Å²) < 4.78 is 21.4. The van der Waals surface area contributed by atoms with Crippen molar-refractivity contribution in [3.8, 4) is 5.75 Å². The van der Waals surface area contributed by atoms with Crippen molar-refractivity contribution < 1.29 is 9.13 Å². The van der Waals surface area contributed by atoms with Crippen LogP contribution in [0.25, 0.3) is 0 Å². The molecule has 3 rings (SSSR count). The first-order chi connectivity index (χ1) is 16.0. The number of likely N-dealkylation sites (tertiary alicyclic amines) is 1. The Labute approximate surface area is 205 Å². The molecule has 6 heteroatoms. The molecule has 1 aliphatic heterocycles. The highest BCUT2D eigenvalue weighted by Crippen LogP contribution is 2.26. The summed E-state index contributed by atoms with van der Waals surface area (Å²) in [5, 5.41) is 8.80. The second-order valence-electron chi connectivity index (χ2n) is 8.28. The van der Waals surface area contributed by atoms with Crippen molar-refractivity contribution in [3.05, 3.63) is 89.0 Å². The molecule has 1 saturated heterocycles. The Bertz CT molecular complexity index is 972. The minimum Gasteiger partial charge on any atom is -0.465 e. The Balaban J connectivity index is 1.71. The summed E-state index contributed by atoms with van der Waals surface area (Å²) in [5.41, 5.74) is 2.09. The van der Waals surface area contributed by atoms with Crippen LogP contribution in [0.2, 0.25) is 0 Å². The van der Waals surface area contributed by atoms with Gasteiger partial charge in [-0.05, 0) is 93.3 Å². The maximum absolute atomic E-state index is 14.9. The molecule has 0 amide bonds. The van der Waals surface area contributed by atoms with E-state index in [2.05, 4.69) is 34.0 Å².